The molecule has 6 heteroatoms. The Balaban J connectivity index is 1.92. The summed E-state index contributed by atoms with van der Waals surface area (Å²) in [5.41, 5.74) is -0.489. The Bertz CT molecular complexity index is 377. The highest BCUT2D eigenvalue weighted by molar-refractivity contribution is 5.68. The van der Waals surface area contributed by atoms with Gasteiger partial charge in [0.25, 0.3) is 0 Å². The van der Waals surface area contributed by atoms with E-state index in [0.717, 1.165) is 6.42 Å². The van der Waals surface area contributed by atoms with E-state index in [-0.39, 0.29) is 12.0 Å². The highest BCUT2D eigenvalue weighted by Crippen LogP contribution is 2.31. The van der Waals surface area contributed by atoms with Gasteiger partial charge in [0.15, 0.2) is 0 Å². The Morgan fingerprint density at radius 1 is 1.11 bits per heavy atom. The van der Waals surface area contributed by atoms with Crippen molar-refractivity contribution in [2.75, 3.05) is 26.2 Å². The lowest BCUT2D eigenvalue weighted by atomic mass is 9.89. The van der Waals surface area contributed by atoms with Crippen LogP contribution >= 0.6 is 0 Å². The number of hydrogen-bond donors (Lipinski definition) is 1. The van der Waals surface area contributed by atoms with Gasteiger partial charge in [0, 0.05) is 26.2 Å². The number of amides is 2. The van der Waals surface area contributed by atoms with Gasteiger partial charge in [-0.25, -0.2) is 9.59 Å². The Kier molecular flexibility index (Phi) is 3.60. The van der Waals surface area contributed by atoms with Gasteiger partial charge in [-0.2, -0.15) is 0 Å². The number of piperidine rings is 1. The van der Waals surface area contributed by atoms with E-state index in [1.165, 1.54) is 4.90 Å². The molecule has 2 rings (SSSR count). The summed E-state index contributed by atoms with van der Waals surface area (Å²) in [7, 11) is 0. The molecule has 0 saturated carbocycles. The van der Waals surface area contributed by atoms with Crippen molar-refractivity contribution in [1.82, 2.24) is 9.80 Å². The fourth-order valence-corrected chi connectivity index (χ4v) is 2.82. The molecule has 0 radical (unpaired) electrons. The molecule has 2 unspecified atom stereocenters. The minimum absolute atomic E-state index is 0.248. The zero-order valence-corrected chi connectivity index (χ0v) is 11.8. The number of carbonyl (C=O) groups excluding carboxylic acids is 1. The molecule has 0 aliphatic carbocycles. The van der Waals surface area contributed by atoms with E-state index in [0.29, 0.717) is 32.1 Å². The molecule has 2 atom stereocenters. The van der Waals surface area contributed by atoms with Crippen molar-refractivity contribution in [3.05, 3.63) is 0 Å². The molecule has 19 heavy (non-hydrogen) atoms. The third-order valence-corrected chi connectivity index (χ3v) is 3.72. The molecule has 0 aromatic heterocycles. The third-order valence-electron chi connectivity index (χ3n) is 3.72. The fourth-order valence-electron chi connectivity index (χ4n) is 2.82. The lowest BCUT2D eigenvalue weighted by Crippen LogP contribution is -2.45. The first-order valence-corrected chi connectivity index (χ1v) is 6.72. The van der Waals surface area contributed by atoms with Crippen LogP contribution < -0.4 is 0 Å². The highest BCUT2D eigenvalue weighted by atomic mass is 16.6. The van der Waals surface area contributed by atoms with Gasteiger partial charge in [-0.1, -0.05) is 0 Å². The largest absolute Gasteiger partial charge is 0.465 e. The van der Waals surface area contributed by atoms with E-state index < -0.39 is 11.7 Å². The Hall–Kier alpha value is -1.46. The van der Waals surface area contributed by atoms with Crippen LogP contribution in [0.25, 0.3) is 0 Å². The molecule has 1 N–H and O–H groups in total. The smallest absolute Gasteiger partial charge is 0.410 e. The number of carboxylic acid groups (broad SMARTS) is 1. The summed E-state index contributed by atoms with van der Waals surface area (Å²) < 4.78 is 5.36. The van der Waals surface area contributed by atoms with Crippen molar-refractivity contribution in [2.24, 2.45) is 11.8 Å². The van der Waals surface area contributed by atoms with Gasteiger partial charge in [0.05, 0.1) is 0 Å². The van der Waals surface area contributed by atoms with Crippen LogP contribution in [-0.2, 0) is 4.74 Å². The molecule has 2 aliphatic rings. The second kappa shape index (κ2) is 4.90. The maximum absolute atomic E-state index is 12.0. The minimum Gasteiger partial charge on any atom is -0.465 e. The summed E-state index contributed by atoms with van der Waals surface area (Å²) in [6.45, 7) is 7.92. The molecule has 0 aromatic carbocycles. The van der Waals surface area contributed by atoms with Crippen LogP contribution in [0.3, 0.4) is 0 Å². The first kappa shape index (κ1) is 14.0. The van der Waals surface area contributed by atoms with Gasteiger partial charge in [0.1, 0.15) is 5.60 Å². The fraction of sp³-hybridized carbons (Fsp3) is 0.846. The van der Waals surface area contributed by atoms with Crippen LogP contribution in [0, 0.1) is 11.8 Å². The summed E-state index contributed by atoms with van der Waals surface area (Å²) in [6, 6.07) is 0. The number of carbonyl (C=O) groups is 2. The van der Waals surface area contributed by atoms with Crippen molar-refractivity contribution in [2.45, 2.75) is 32.8 Å². The molecule has 2 saturated heterocycles. The van der Waals surface area contributed by atoms with Gasteiger partial charge < -0.3 is 19.6 Å². The summed E-state index contributed by atoms with van der Waals surface area (Å²) >= 11 is 0. The van der Waals surface area contributed by atoms with E-state index >= 15 is 0 Å². The summed E-state index contributed by atoms with van der Waals surface area (Å²) in [6.07, 6.45) is -0.300. The van der Waals surface area contributed by atoms with Gasteiger partial charge in [-0.05, 0) is 39.0 Å². The molecule has 0 spiro atoms. The van der Waals surface area contributed by atoms with Crippen molar-refractivity contribution in [3.63, 3.8) is 0 Å². The van der Waals surface area contributed by atoms with Crippen molar-refractivity contribution in [3.8, 4) is 0 Å². The molecular weight excluding hydrogens is 248 g/mol. The number of fused-ring (bicyclic) bond motifs is 1. The van der Waals surface area contributed by atoms with Crippen molar-refractivity contribution in [1.29, 1.82) is 0 Å². The van der Waals surface area contributed by atoms with E-state index in [4.69, 9.17) is 9.84 Å². The Labute approximate surface area is 113 Å². The highest BCUT2D eigenvalue weighted by Gasteiger charge is 2.40. The topological polar surface area (TPSA) is 70.1 Å². The van der Waals surface area contributed by atoms with Gasteiger partial charge in [-0.3, -0.25) is 0 Å². The Morgan fingerprint density at radius 2 is 1.68 bits per heavy atom. The number of rotatable bonds is 0. The predicted octanol–water partition coefficient (Wildman–Crippen LogP) is 1.85. The predicted molar refractivity (Wildman–Crippen MR) is 69.0 cm³/mol. The zero-order chi connectivity index (χ0) is 14.2. The van der Waals surface area contributed by atoms with Crippen LogP contribution in [0.1, 0.15) is 27.2 Å². The average molecular weight is 270 g/mol. The molecule has 0 bridgehead atoms. The van der Waals surface area contributed by atoms with Crippen LogP contribution in [-0.4, -0.2) is 58.9 Å². The second-order valence-corrected chi connectivity index (χ2v) is 6.42. The number of nitrogens with zero attached hydrogens (tertiary/aromatic N) is 2. The van der Waals surface area contributed by atoms with Crippen LogP contribution in [0.5, 0.6) is 0 Å². The van der Waals surface area contributed by atoms with Crippen molar-refractivity contribution >= 4 is 12.2 Å². The summed E-state index contributed by atoms with van der Waals surface area (Å²) in [5.74, 6) is 0.632. The van der Waals surface area contributed by atoms with Crippen LogP contribution in [0.15, 0.2) is 0 Å². The molecule has 2 amide bonds. The normalized spacial score (nSPS) is 27.1. The quantitative estimate of drug-likeness (QED) is 0.729. The maximum atomic E-state index is 12.0. The van der Waals surface area contributed by atoms with E-state index in [2.05, 4.69) is 0 Å². The van der Waals surface area contributed by atoms with E-state index in [1.54, 1.807) is 4.90 Å². The standard InChI is InChI=1S/C13H22N2O4/c1-13(2,3)19-12(18)14-5-4-9-6-15(11(16)17)8-10(9)7-14/h9-10H,4-8H2,1-3H3,(H,16,17). The molecule has 2 fully saturated rings. The lowest BCUT2D eigenvalue weighted by Gasteiger charge is -2.35. The minimum atomic E-state index is -0.863. The van der Waals surface area contributed by atoms with E-state index in [9.17, 15) is 9.59 Å². The molecule has 0 aromatic rings. The lowest BCUT2D eigenvalue weighted by molar-refractivity contribution is 0.0139. The monoisotopic (exact) mass is 270 g/mol. The molecular formula is C13H22N2O4. The molecule has 108 valence electrons. The number of hydrogen-bond acceptors (Lipinski definition) is 3. The van der Waals surface area contributed by atoms with Gasteiger partial charge in [-0.15, -0.1) is 0 Å². The molecule has 6 nitrogen and oxygen atoms in total. The van der Waals surface area contributed by atoms with E-state index in [1.807, 2.05) is 20.8 Å². The third kappa shape index (κ3) is 3.30. The first-order valence-electron chi connectivity index (χ1n) is 6.72. The Morgan fingerprint density at radius 3 is 2.26 bits per heavy atom. The number of likely N-dealkylation sites (tertiary alicyclic amines) is 2. The molecule has 2 heterocycles. The van der Waals surface area contributed by atoms with Gasteiger partial charge in [0.2, 0.25) is 0 Å². The zero-order valence-electron chi connectivity index (χ0n) is 11.8. The first-order chi connectivity index (χ1) is 8.76. The van der Waals surface area contributed by atoms with Crippen LogP contribution in [0.4, 0.5) is 9.59 Å². The molecule has 2 aliphatic heterocycles. The van der Waals surface area contributed by atoms with Crippen molar-refractivity contribution < 1.29 is 19.4 Å². The van der Waals surface area contributed by atoms with Crippen LogP contribution in [0.2, 0.25) is 0 Å². The maximum Gasteiger partial charge on any atom is 0.410 e. The average Bonchev–Trinajstić information content (AvgIpc) is 2.69. The summed E-state index contributed by atoms with van der Waals surface area (Å²) in [4.78, 5) is 26.1. The summed E-state index contributed by atoms with van der Waals surface area (Å²) in [5, 5.41) is 9.01. The second-order valence-electron chi connectivity index (χ2n) is 6.42. The number of ether oxygens (including phenoxy) is 1. The SMILES string of the molecule is CC(C)(C)OC(=O)N1CCC2CN(C(=O)O)CC2C1. The van der Waals surface area contributed by atoms with Gasteiger partial charge >= 0.3 is 12.2 Å².